The van der Waals surface area contributed by atoms with E-state index in [1.54, 1.807) is 17.0 Å². The van der Waals surface area contributed by atoms with E-state index in [2.05, 4.69) is 24.0 Å². The first kappa shape index (κ1) is 28.1. The molecule has 2 aliphatic rings. The van der Waals surface area contributed by atoms with Gasteiger partial charge in [-0.15, -0.1) is 0 Å². The number of hydrogen-bond donors (Lipinski definition) is 2. The van der Waals surface area contributed by atoms with Crippen LogP contribution in [0.5, 0.6) is 5.75 Å². The minimum Gasteiger partial charge on any atom is -0.508 e. The second-order valence-corrected chi connectivity index (χ2v) is 11.0. The first-order chi connectivity index (χ1) is 18.2. The minimum atomic E-state index is -1.24. The number of phenols is 1. The summed E-state index contributed by atoms with van der Waals surface area (Å²) >= 11 is 0. The molecule has 0 unspecified atom stereocenters. The Kier molecular flexibility index (Phi) is 8.48. The van der Waals surface area contributed by atoms with Crippen LogP contribution in [-0.4, -0.2) is 81.2 Å². The first-order valence-electron chi connectivity index (χ1n) is 14.1. The molecule has 2 aliphatic heterocycles. The normalized spacial score (nSPS) is 27.3. The Hall–Kier alpha value is -2.90. The number of carbonyl (C=O) groups is 2. The van der Waals surface area contributed by atoms with Crippen molar-refractivity contribution in [1.82, 2.24) is 14.7 Å². The number of urea groups is 1. The van der Waals surface area contributed by atoms with Gasteiger partial charge < -0.3 is 15.1 Å². The summed E-state index contributed by atoms with van der Waals surface area (Å²) < 4.78 is 0. The maximum Gasteiger partial charge on any atom is 0.326 e. The highest BCUT2D eigenvalue weighted by atomic mass is 16.3. The van der Waals surface area contributed by atoms with E-state index >= 15 is 0 Å². The molecule has 3 amide bonds. The van der Waals surface area contributed by atoms with Crippen molar-refractivity contribution in [3.8, 4) is 5.75 Å². The standard InChI is InChI=1S/C31H43N3O4/c1-5-32-18-10-16-31(38)24(4)33(19-15-25-11-8-7-9-12-25)20-17-30(31,22-28(36)34(6-2)29(32)37)27-21-26(35)14-13-23(27)3/h7-9,11-14,21,24,35,38H,5-6,10,15-20,22H2,1-4H3/t24-,30-,31-/m1/s1. The van der Waals surface area contributed by atoms with Crippen molar-refractivity contribution in [1.29, 1.82) is 0 Å². The van der Waals surface area contributed by atoms with Crippen molar-refractivity contribution >= 4 is 11.9 Å². The van der Waals surface area contributed by atoms with Crippen LogP contribution in [0.1, 0.15) is 63.1 Å². The molecule has 0 saturated carbocycles. The molecule has 0 aromatic heterocycles. The third-order valence-electron chi connectivity index (χ3n) is 9.10. The molecule has 2 saturated heterocycles. The highest BCUT2D eigenvalue weighted by Gasteiger charge is 2.59. The second-order valence-electron chi connectivity index (χ2n) is 11.0. The number of rotatable bonds is 6. The zero-order valence-electron chi connectivity index (χ0n) is 23.3. The molecular formula is C31H43N3O4. The predicted molar refractivity (Wildman–Crippen MR) is 149 cm³/mol. The molecule has 7 heteroatoms. The van der Waals surface area contributed by atoms with Crippen LogP contribution < -0.4 is 0 Å². The molecule has 7 nitrogen and oxygen atoms in total. The number of carbonyl (C=O) groups excluding carboxylic acids is 2. The fraction of sp³-hybridized carbons (Fsp3) is 0.548. The van der Waals surface area contributed by atoms with Crippen LogP contribution in [0.2, 0.25) is 0 Å². The molecule has 3 atom stereocenters. The van der Waals surface area contributed by atoms with E-state index in [0.717, 1.165) is 24.1 Å². The number of amides is 3. The van der Waals surface area contributed by atoms with Crippen LogP contribution in [-0.2, 0) is 16.6 Å². The van der Waals surface area contributed by atoms with E-state index in [9.17, 15) is 19.8 Å². The van der Waals surface area contributed by atoms with Gasteiger partial charge in [0.2, 0.25) is 5.91 Å². The quantitative estimate of drug-likeness (QED) is 0.586. The fourth-order valence-electron chi connectivity index (χ4n) is 6.82. The van der Waals surface area contributed by atoms with Crippen LogP contribution in [0.15, 0.2) is 48.5 Å². The van der Waals surface area contributed by atoms with Gasteiger partial charge >= 0.3 is 6.03 Å². The zero-order valence-corrected chi connectivity index (χ0v) is 23.3. The summed E-state index contributed by atoms with van der Waals surface area (Å²) in [7, 11) is 0. The van der Waals surface area contributed by atoms with Gasteiger partial charge in [-0.05, 0) is 88.7 Å². The van der Waals surface area contributed by atoms with Crippen LogP contribution in [0.25, 0.3) is 0 Å². The van der Waals surface area contributed by atoms with Crippen LogP contribution >= 0.6 is 0 Å². The van der Waals surface area contributed by atoms with E-state index in [4.69, 9.17) is 0 Å². The largest absolute Gasteiger partial charge is 0.508 e. The third-order valence-corrected chi connectivity index (χ3v) is 9.10. The summed E-state index contributed by atoms with van der Waals surface area (Å²) in [6.07, 6.45) is 2.52. The second kappa shape index (κ2) is 11.5. The van der Waals surface area contributed by atoms with Crippen LogP contribution in [0.3, 0.4) is 0 Å². The summed E-state index contributed by atoms with van der Waals surface area (Å²) in [6.45, 7) is 10.6. The molecule has 4 rings (SSSR count). The van der Waals surface area contributed by atoms with Crippen molar-refractivity contribution in [3.63, 3.8) is 0 Å². The Balaban J connectivity index is 1.79. The van der Waals surface area contributed by atoms with Crippen molar-refractivity contribution in [2.75, 3.05) is 32.7 Å². The average Bonchev–Trinajstić information content (AvgIpc) is 2.91. The SMILES string of the molecule is CCN1CCC[C@@]2(O)[C@@H](C)N(CCc3ccccc3)CC[C@]2(c2cc(O)ccc2C)CC(=O)N(CC)C1=O. The van der Waals surface area contributed by atoms with Crippen molar-refractivity contribution in [3.05, 3.63) is 65.2 Å². The number of aliphatic hydroxyl groups is 1. The number of hydrogen-bond acceptors (Lipinski definition) is 5. The predicted octanol–water partition coefficient (Wildman–Crippen LogP) is 4.48. The van der Waals surface area contributed by atoms with Gasteiger partial charge in [0, 0.05) is 44.1 Å². The lowest BCUT2D eigenvalue weighted by Crippen LogP contribution is -2.69. The molecule has 2 aromatic carbocycles. The topological polar surface area (TPSA) is 84.3 Å². The number of imide groups is 1. The van der Waals surface area contributed by atoms with Gasteiger partial charge in [-0.3, -0.25) is 14.6 Å². The molecule has 38 heavy (non-hydrogen) atoms. The van der Waals surface area contributed by atoms with Gasteiger partial charge in [0.15, 0.2) is 0 Å². The van der Waals surface area contributed by atoms with Crippen molar-refractivity contribution in [2.45, 2.75) is 76.9 Å². The number of piperidine rings is 1. The molecule has 2 N–H and O–H groups in total. The number of phenolic OH excluding ortho intramolecular Hbond substituents is 1. The fourth-order valence-corrected chi connectivity index (χ4v) is 6.82. The summed E-state index contributed by atoms with van der Waals surface area (Å²) in [5.41, 5.74) is 0.816. The highest BCUT2D eigenvalue weighted by Crippen LogP contribution is 2.52. The molecular weight excluding hydrogens is 478 g/mol. The van der Waals surface area contributed by atoms with Gasteiger partial charge in [-0.25, -0.2) is 4.79 Å². The van der Waals surface area contributed by atoms with Gasteiger partial charge in [0.1, 0.15) is 5.75 Å². The van der Waals surface area contributed by atoms with E-state index in [1.165, 1.54) is 10.5 Å². The molecule has 0 bridgehead atoms. The number of nitrogens with zero attached hydrogens (tertiary/aromatic N) is 3. The molecule has 2 heterocycles. The lowest BCUT2D eigenvalue weighted by atomic mass is 9.56. The Bertz CT molecular complexity index is 1140. The number of benzene rings is 2. The van der Waals surface area contributed by atoms with E-state index < -0.39 is 11.0 Å². The van der Waals surface area contributed by atoms with Gasteiger partial charge in [-0.2, -0.15) is 0 Å². The Morgan fingerprint density at radius 2 is 1.74 bits per heavy atom. The maximum atomic E-state index is 13.9. The molecule has 2 fully saturated rings. The average molecular weight is 522 g/mol. The first-order valence-corrected chi connectivity index (χ1v) is 14.1. The molecule has 206 valence electrons. The molecule has 0 radical (unpaired) electrons. The summed E-state index contributed by atoms with van der Waals surface area (Å²) in [5.74, 6) is -0.157. The number of aromatic hydroxyl groups is 1. The lowest BCUT2D eigenvalue weighted by Gasteiger charge is -2.59. The Labute approximate surface area is 227 Å². The summed E-state index contributed by atoms with van der Waals surface area (Å²) in [4.78, 5) is 32.6. The monoisotopic (exact) mass is 521 g/mol. The number of aryl methyl sites for hydroxylation is 1. The van der Waals surface area contributed by atoms with Crippen molar-refractivity contribution in [2.24, 2.45) is 0 Å². The van der Waals surface area contributed by atoms with Gasteiger partial charge in [0.25, 0.3) is 0 Å². The summed E-state index contributed by atoms with van der Waals surface area (Å²) in [6, 6.07) is 15.1. The van der Waals surface area contributed by atoms with E-state index in [-0.39, 0.29) is 36.7 Å². The van der Waals surface area contributed by atoms with Gasteiger partial charge in [-0.1, -0.05) is 36.4 Å². The number of likely N-dealkylation sites (tertiary alicyclic amines) is 1. The lowest BCUT2D eigenvalue weighted by molar-refractivity contribution is -0.156. The van der Waals surface area contributed by atoms with E-state index in [1.807, 2.05) is 45.0 Å². The van der Waals surface area contributed by atoms with Crippen LogP contribution in [0, 0.1) is 6.92 Å². The van der Waals surface area contributed by atoms with E-state index in [0.29, 0.717) is 38.9 Å². The third kappa shape index (κ3) is 5.06. The maximum absolute atomic E-state index is 13.9. The van der Waals surface area contributed by atoms with Gasteiger partial charge in [0.05, 0.1) is 5.60 Å². The smallest absolute Gasteiger partial charge is 0.326 e. The molecule has 2 aromatic rings. The number of fused-ring (bicyclic) bond motifs is 1. The van der Waals surface area contributed by atoms with Crippen LogP contribution in [0.4, 0.5) is 4.79 Å². The molecule has 0 aliphatic carbocycles. The highest BCUT2D eigenvalue weighted by molar-refractivity contribution is 5.95. The zero-order chi connectivity index (χ0) is 27.5. The van der Waals surface area contributed by atoms with Crippen molar-refractivity contribution < 1.29 is 19.8 Å². The Morgan fingerprint density at radius 1 is 1.00 bits per heavy atom. The Morgan fingerprint density at radius 3 is 2.42 bits per heavy atom. The minimum absolute atomic E-state index is 0.0157. The molecule has 0 spiro atoms. The summed E-state index contributed by atoms with van der Waals surface area (Å²) in [5, 5.41) is 23.4.